The maximum Gasteiger partial charge on any atom is 0.125 e. The molecule has 230 valence electrons. The number of aromatic hydroxyl groups is 2. The van der Waals surface area contributed by atoms with Crippen molar-refractivity contribution in [2.45, 2.75) is 105 Å². The highest BCUT2D eigenvalue weighted by Gasteiger charge is 2.21. The molecule has 0 saturated heterocycles. The van der Waals surface area contributed by atoms with Crippen LogP contribution in [0, 0.1) is 0 Å². The summed E-state index contributed by atoms with van der Waals surface area (Å²) >= 11 is 0. The average Bonchev–Trinajstić information content (AvgIpc) is 2.97. The fourth-order valence-corrected chi connectivity index (χ4v) is 6.12. The van der Waals surface area contributed by atoms with Gasteiger partial charge in [0, 0.05) is 33.7 Å². The molecule has 4 heteroatoms. The van der Waals surface area contributed by atoms with Gasteiger partial charge in [-0.3, -0.25) is 4.98 Å². The molecule has 44 heavy (non-hydrogen) atoms. The van der Waals surface area contributed by atoms with E-state index in [4.69, 9.17) is 9.97 Å². The van der Waals surface area contributed by atoms with E-state index in [0.717, 1.165) is 93.8 Å². The first-order chi connectivity index (χ1) is 20.8. The van der Waals surface area contributed by atoms with Gasteiger partial charge in [0.1, 0.15) is 11.5 Å². The Morgan fingerprint density at radius 3 is 1.68 bits per heavy atom. The fraction of sp³-hybridized carbons (Fsp3) is 0.400. The summed E-state index contributed by atoms with van der Waals surface area (Å²) in [6.45, 7) is 17.4. The Bertz CT molecular complexity index is 1820. The molecule has 0 atom stereocenters. The molecule has 0 bridgehead atoms. The lowest BCUT2D eigenvalue weighted by Crippen LogP contribution is -2.10. The monoisotopic (exact) mass is 588 g/mol. The predicted octanol–water partition coefficient (Wildman–Crippen LogP) is 10.8. The summed E-state index contributed by atoms with van der Waals surface area (Å²) in [7, 11) is 0. The molecule has 5 aromatic rings. The summed E-state index contributed by atoms with van der Waals surface area (Å²) in [5.41, 5.74) is 9.64. The SMILES string of the molecule is CCCCc1c(CCCC)c2ccc(-c3ccc(C(C)(C)C)cc3O)nc2c2ncc(-c3ccc(C(C)(C)C)cc3O)cc12. The van der Waals surface area contributed by atoms with Crippen molar-refractivity contribution in [2.24, 2.45) is 0 Å². The zero-order chi connectivity index (χ0) is 31.8. The Kier molecular flexibility index (Phi) is 8.75. The standard InChI is InChI=1S/C40H48N2O2/c1-9-11-13-29-30(14-12-10-2)33-21-25(28-17-15-26(22-35(28)43)39(3,4)5)24-41-37(33)38-31(29)19-20-34(42-38)32-18-16-27(23-36(32)44)40(6,7)8/h15-24,43-44H,9-14H2,1-8H3. The zero-order valence-corrected chi connectivity index (χ0v) is 27.8. The van der Waals surface area contributed by atoms with Crippen LogP contribution < -0.4 is 0 Å². The van der Waals surface area contributed by atoms with Crippen molar-refractivity contribution in [2.75, 3.05) is 0 Å². The van der Waals surface area contributed by atoms with Crippen LogP contribution in [0.4, 0.5) is 0 Å². The van der Waals surface area contributed by atoms with Gasteiger partial charge in [-0.05, 0) is 89.1 Å². The van der Waals surface area contributed by atoms with Crippen molar-refractivity contribution in [1.29, 1.82) is 0 Å². The van der Waals surface area contributed by atoms with Gasteiger partial charge in [-0.25, -0.2) is 4.98 Å². The number of fused-ring (bicyclic) bond motifs is 3. The lowest BCUT2D eigenvalue weighted by atomic mass is 9.85. The predicted molar refractivity (Wildman–Crippen MR) is 186 cm³/mol. The van der Waals surface area contributed by atoms with Gasteiger partial charge in [0.15, 0.2) is 0 Å². The third-order valence-electron chi connectivity index (χ3n) is 8.90. The number of rotatable bonds is 8. The average molecular weight is 589 g/mol. The molecule has 0 saturated carbocycles. The number of nitrogens with zero attached hydrogens (tertiary/aromatic N) is 2. The van der Waals surface area contributed by atoms with Crippen LogP contribution >= 0.6 is 0 Å². The van der Waals surface area contributed by atoms with Gasteiger partial charge in [0.2, 0.25) is 0 Å². The van der Waals surface area contributed by atoms with Gasteiger partial charge in [-0.1, -0.05) is 92.5 Å². The Hall–Kier alpha value is -3.92. The van der Waals surface area contributed by atoms with Gasteiger partial charge in [0.05, 0.1) is 16.7 Å². The van der Waals surface area contributed by atoms with Crippen molar-refractivity contribution in [3.05, 3.63) is 83.0 Å². The lowest BCUT2D eigenvalue weighted by Gasteiger charge is -2.21. The Morgan fingerprint density at radius 2 is 1.16 bits per heavy atom. The van der Waals surface area contributed by atoms with E-state index in [1.165, 1.54) is 11.1 Å². The topological polar surface area (TPSA) is 66.2 Å². The minimum atomic E-state index is -0.0603. The van der Waals surface area contributed by atoms with Crippen molar-refractivity contribution in [3.8, 4) is 33.9 Å². The van der Waals surface area contributed by atoms with Crippen LogP contribution in [0.15, 0.2) is 60.8 Å². The summed E-state index contributed by atoms with van der Waals surface area (Å²) in [5, 5.41) is 24.5. The first-order valence-corrected chi connectivity index (χ1v) is 16.3. The van der Waals surface area contributed by atoms with Crippen LogP contribution in [-0.2, 0) is 23.7 Å². The number of aryl methyl sites for hydroxylation is 2. The Balaban J connectivity index is 1.76. The molecule has 0 amide bonds. The maximum absolute atomic E-state index is 11.1. The molecular weight excluding hydrogens is 540 g/mol. The van der Waals surface area contributed by atoms with Gasteiger partial charge < -0.3 is 10.2 Å². The van der Waals surface area contributed by atoms with Gasteiger partial charge in [0.25, 0.3) is 0 Å². The summed E-state index contributed by atoms with van der Waals surface area (Å²) < 4.78 is 0. The Labute approximate surface area is 263 Å². The quantitative estimate of drug-likeness (QED) is 0.177. The van der Waals surface area contributed by atoms with Crippen LogP contribution in [-0.4, -0.2) is 20.2 Å². The van der Waals surface area contributed by atoms with Gasteiger partial charge >= 0.3 is 0 Å². The Morgan fingerprint density at radius 1 is 0.614 bits per heavy atom. The van der Waals surface area contributed by atoms with Crippen molar-refractivity contribution in [3.63, 3.8) is 0 Å². The molecule has 2 N–H and O–H groups in total. The van der Waals surface area contributed by atoms with Crippen LogP contribution in [0.1, 0.15) is 103 Å². The van der Waals surface area contributed by atoms with E-state index in [1.807, 2.05) is 36.5 Å². The first kappa shape index (κ1) is 31.5. The molecule has 0 fully saturated rings. The van der Waals surface area contributed by atoms with Crippen LogP contribution in [0.25, 0.3) is 44.2 Å². The van der Waals surface area contributed by atoms with E-state index in [1.54, 1.807) is 0 Å². The van der Waals surface area contributed by atoms with Crippen molar-refractivity contribution < 1.29 is 10.2 Å². The van der Waals surface area contributed by atoms with Crippen molar-refractivity contribution in [1.82, 2.24) is 9.97 Å². The van der Waals surface area contributed by atoms with Gasteiger partial charge in [-0.15, -0.1) is 0 Å². The van der Waals surface area contributed by atoms with Crippen LogP contribution in [0.3, 0.4) is 0 Å². The summed E-state index contributed by atoms with van der Waals surface area (Å²) in [4.78, 5) is 10.3. The van der Waals surface area contributed by atoms with E-state index >= 15 is 0 Å². The third-order valence-corrected chi connectivity index (χ3v) is 8.90. The van der Waals surface area contributed by atoms with Crippen LogP contribution in [0.2, 0.25) is 0 Å². The largest absolute Gasteiger partial charge is 0.507 e. The number of unbranched alkanes of at least 4 members (excludes halogenated alkanes) is 2. The van der Waals surface area contributed by atoms with E-state index in [2.05, 4.69) is 79.7 Å². The van der Waals surface area contributed by atoms with E-state index in [-0.39, 0.29) is 22.3 Å². The summed E-state index contributed by atoms with van der Waals surface area (Å²) in [5.74, 6) is 0.513. The number of hydrogen-bond donors (Lipinski definition) is 2. The van der Waals surface area contributed by atoms with Gasteiger partial charge in [-0.2, -0.15) is 0 Å². The van der Waals surface area contributed by atoms with Crippen molar-refractivity contribution >= 4 is 21.8 Å². The maximum atomic E-state index is 11.1. The molecule has 2 aromatic heterocycles. The smallest absolute Gasteiger partial charge is 0.125 e. The molecule has 3 aromatic carbocycles. The minimum Gasteiger partial charge on any atom is -0.507 e. The third kappa shape index (κ3) is 6.18. The molecule has 0 radical (unpaired) electrons. The number of phenols is 2. The second-order valence-electron chi connectivity index (χ2n) is 14.3. The zero-order valence-electron chi connectivity index (χ0n) is 27.8. The highest BCUT2D eigenvalue weighted by Crippen LogP contribution is 2.40. The normalized spacial score (nSPS) is 12.4. The number of benzene rings is 3. The molecule has 4 nitrogen and oxygen atoms in total. The molecule has 0 aliphatic rings. The number of phenolic OH excluding ortho intramolecular Hbond substituents is 2. The summed E-state index contributed by atoms with van der Waals surface area (Å²) in [6.07, 6.45) is 8.22. The highest BCUT2D eigenvalue weighted by molar-refractivity contribution is 6.08. The molecule has 2 heterocycles. The van der Waals surface area contributed by atoms with E-state index < -0.39 is 0 Å². The number of hydrogen-bond acceptors (Lipinski definition) is 4. The van der Waals surface area contributed by atoms with E-state index in [0.29, 0.717) is 0 Å². The fourth-order valence-electron chi connectivity index (χ4n) is 6.12. The lowest BCUT2D eigenvalue weighted by molar-refractivity contribution is 0.472. The highest BCUT2D eigenvalue weighted by atomic mass is 16.3. The minimum absolute atomic E-state index is 0.0526. The van der Waals surface area contributed by atoms with Crippen LogP contribution in [0.5, 0.6) is 11.5 Å². The first-order valence-electron chi connectivity index (χ1n) is 16.3. The molecule has 0 aliphatic heterocycles. The molecule has 0 unspecified atom stereocenters. The number of pyridine rings is 2. The molecule has 0 spiro atoms. The second-order valence-corrected chi connectivity index (χ2v) is 14.3. The van der Waals surface area contributed by atoms with E-state index in [9.17, 15) is 10.2 Å². The molecule has 0 aliphatic carbocycles. The summed E-state index contributed by atoms with van der Waals surface area (Å²) in [6, 6.07) is 18.4. The molecule has 5 rings (SSSR count). The number of aromatic nitrogens is 2. The molecular formula is C40H48N2O2. The second kappa shape index (κ2) is 12.2.